The molecule has 0 radical (unpaired) electrons. The third-order valence-electron chi connectivity index (χ3n) is 5.86. The first-order valence-corrected chi connectivity index (χ1v) is 14.8. The molecule has 0 saturated heterocycles. The van der Waals surface area contributed by atoms with E-state index in [-0.39, 0.29) is 23.0 Å². The highest BCUT2D eigenvalue weighted by Crippen LogP contribution is 2.38. The molecule has 4 N–H and O–H groups in total. The van der Waals surface area contributed by atoms with Crippen LogP contribution < -0.4 is 14.2 Å². The van der Waals surface area contributed by atoms with Gasteiger partial charge in [-0.2, -0.15) is 0 Å². The number of rotatable bonds is 8. The molecule has 4 aromatic rings. The molecular formula is C27H24N2O7S2. The number of fused-ring (bicyclic) bond motifs is 2. The number of ether oxygens (including phenoxy) is 1. The second-order valence-corrected chi connectivity index (χ2v) is 12.4. The van der Waals surface area contributed by atoms with Gasteiger partial charge in [-0.1, -0.05) is 24.3 Å². The van der Waals surface area contributed by atoms with Gasteiger partial charge in [0.1, 0.15) is 23.0 Å². The van der Waals surface area contributed by atoms with E-state index in [2.05, 4.69) is 9.44 Å². The van der Waals surface area contributed by atoms with E-state index in [1.54, 1.807) is 24.3 Å². The quantitative estimate of drug-likeness (QED) is 0.205. The van der Waals surface area contributed by atoms with Crippen molar-refractivity contribution in [2.24, 2.45) is 0 Å². The van der Waals surface area contributed by atoms with E-state index < -0.39 is 20.0 Å². The van der Waals surface area contributed by atoms with E-state index in [9.17, 15) is 27.0 Å². The lowest BCUT2D eigenvalue weighted by atomic mass is 9.98. The van der Waals surface area contributed by atoms with Crippen LogP contribution in [0.5, 0.6) is 23.0 Å². The second-order valence-electron chi connectivity index (χ2n) is 8.98. The van der Waals surface area contributed by atoms with Gasteiger partial charge in [0.2, 0.25) is 20.0 Å². The fourth-order valence-corrected chi connectivity index (χ4v) is 6.48. The number of nitrogens with one attached hydrogen (secondary N) is 2. The van der Waals surface area contributed by atoms with Crippen molar-refractivity contribution < 1.29 is 31.8 Å². The summed E-state index contributed by atoms with van der Waals surface area (Å²) in [5.74, 6) is 0.537. The first-order chi connectivity index (χ1) is 18.0. The van der Waals surface area contributed by atoms with Gasteiger partial charge in [-0.3, -0.25) is 9.44 Å². The molecule has 4 aromatic carbocycles. The third-order valence-corrected chi connectivity index (χ3v) is 8.38. The number of phenols is 2. The Morgan fingerprint density at radius 1 is 0.605 bits per heavy atom. The summed E-state index contributed by atoms with van der Waals surface area (Å²) in [5.41, 5.74) is 3.51. The van der Waals surface area contributed by atoms with E-state index in [1.165, 1.54) is 48.5 Å². The Morgan fingerprint density at radius 2 is 1.00 bits per heavy atom. The van der Waals surface area contributed by atoms with Crippen LogP contribution >= 0.6 is 0 Å². The number of sulfonamides is 2. The molecule has 0 aliphatic carbocycles. The molecule has 0 aromatic heterocycles. The summed E-state index contributed by atoms with van der Waals surface area (Å²) in [4.78, 5) is 0. The van der Waals surface area contributed by atoms with Crippen LogP contribution in [0.2, 0.25) is 0 Å². The Hall–Kier alpha value is -4.22. The molecule has 11 heteroatoms. The minimum absolute atomic E-state index is 0.0365. The smallest absolute Gasteiger partial charge is 0.236 e. The Bertz CT molecular complexity index is 1570. The lowest BCUT2D eigenvalue weighted by Gasteiger charge is -2.22. The lowest BCUT2D eigenvalue weighted by Crippen LogP contribution is -2.16. The number of hydrogen-bond acceptors (Lipinski definition) is 7. The van der Waals surface area contributed by atoms with E-state index in [0.717, 1.165) is 11.1 Å². The van der Waals surface area contributed by atoms with Crippen molar-refractivity contribution in [3.8, 4) is 23.0 Å². The number of anilines is 2. The monoisotopic (exact) mass is 552 g/mol. The van der Waals surface area contributed by atoms with Crippen LogP contribution in [-0.4, -0.2) is 27.0 Å². The number of aromatic hydroxyl groups is 2. The molecule has 9 nitrogen and oxygen atoms in total. The predicted molar refractivity (Wildman–Crippen MR) is 144 cm³/mol. The van der Waals surface area contributed by atoms with Crippen molar-refractivity contribution in [3.05, 3.63) is 107 Å². The van der Waals surface area contributed by atoms with E-state index >= 15 is 0 Å². The largest absolute Gasteiger partial charge is 0.508 e. The average Bonchev–Trinajstić information content (AvgIpc) is 2.85. The molecule has 0 saturated carbocycles. The highest BCUT2D eigenvalue weighted by atomic mass is 32.2. The maximum absolute atomic E-state index is 12.7. The topological polar surface area (TPSA) is 142 Å². The molecule has 196 valence electrons. The summed E-state index contributed by atoms with van der Waals surface area (Å²) in [5, 5.41) is 18.8. The fourth-order valence-electron chi connectivity index (χ4n) is 4.11. The number of hydrogen-bond donors (Lipinski definition) is 4. The van der Waals surface area contributed by atoms with Gasteiger partial charge in [0.25, 0.3) is 0 Å². The molecule has 0 fully saturated rings. The van der Waals surface area contributed by atoms with E-state index in [1.807, 2.05) is 12.1 Å². The first kappa shape index (κ1) is 25.4. The maximum Gasteiger partial charge on any atom is 0.236 e. The molecule has 38 heavy (non-hydrogen) atoms. The van der Waals surface area contributed by atoms with Gasteiger partial charge in [-0.25, -0.2) is 16.8 Å². The SMILES string of the molecule is O=S(=O)(Cc1ccc2c(c1)Oc1cc(CS(=O)(=O)Nc3ccc(O)cc3)ccc1C2)Nc1ccc(O)cc1. The third kappa shape index (κ3) is 6.18. The zero-order valence-electron chi connectivity index (χ0n) is 20.0. The van der Waals surface area contributed by atoms with Gasteiger partial charge in [0.15, 0.2) is 0 Å². The second kappa shape index (κ2) is 9.92. The first-order valence-electron chi connectivity index (χ1n) is 11.5. The fraction of sp³-hybridized carbons (Fsp3) is 0.111. The summed E-state index contributed by atoms with van der Waals surface area (Å²) < 4.78 is 61.7. The lowest BCUT2D eigenvalue weighted by molar-refractivity contribution is 0.459. The summed E-state index contributed by atoms with van der Waals surface area (Å²) >= 11 is 0. The van der Waals surface area contributed by atoms with Crippen LogP contribution in [0.4, 0.5) is 11.4 Å². The standard InChI is InChI=1S/C27H24N2O7S2/c30-24-9-5-22(6-10-24)28-37(32,33)16-18-1-3-20-15-21-4-2-19(14-27(21)36-26(20)13-18)17-38(34,35)29-23-7-11-25(31)12-8-23/h1-14,28-31H,15-17H2. The predicted octanol–water partition coefficient (Wildman–Crippen LogP) is 4.68. The molecule has 0 unspecified atom stereocenters. The average molecular weight is 553 g/mol. The molecule has 0 bridgehead atoms. The van der Waals surface area contributed by atoms with Gasteiger partial charge in [-0.05, 0) is 82.9 Å². The van der Waals surface area contributed by atoms with Gasteiger partial charge < -0.3 is 14.9 Å². The molecule has 1 aliphatic heterocycles. The zero-order valence-corrected chi connectivity index (χ0v) is 21.6. The normalized spacial score (nSPS) is 12.6. The van der Waals surface area contributed by atoms with E-state index in [4.69, 9.17) is 4.74 Å². The Morgan fingerprint density at radius 3 is 1.39 bits per heavy atom. The van der Waals surface area contributed by atoms with Crippen molar-refractivity contribution in [1.29, 1.82) is 0 Å². The van der Waals surface area contributed by atoms with Crippen LogP contribution in [-0.2, 0) is 38.0 Å². The molecule has 0 spiro atoms. The van der Waals surface area contributed by atoms with Crippen molar-refractivity contribution in [2.45, 2.75) is 17.9 Å². The Balaban J connectivity index is 1.29. The molecule has 1 aliphatic rings. The highest BCUT2D eigenvalue weighted by Gasteiger charge is 2.21. The molecular weight excluding hydrogens is 528 g/mol. The van der Waals surface area contributed by atoms with Crippen molar-refractivity contribution in [3.63, 3.8) is 0 Å². The van der Waals surface area contributed by atoms with E-state index in [0.29, 0.717) is 40.4 Å². The van der Waals surface area contributed by atoms with Crippen LogP contribution in [0, 0.1) is 0 Å². The zero-order chi connectivity index (χ0) is 26.9. The molecule has 0 amide bonds. The molecule has 0 atom stereocenters. The van der Waals surface area contributed by atoms with Gasteiger partial charge in [0, 0.05) is 17.8 Å². The van der Waals surface area contributed by atoms with Gasteiger partial charge in [-0.15, -0.1) is 0 Å². The highest BCUT2D eigenvalue weighted by molar-refractivity contribution is 7.92. The minimum atomic E-state index is -3.72. The summed E-state index contributed by atoms with van der Waals surface area (Å²) in [7, 11) is -7.44. The molecule has 5 rings (SSSR count). The van der Waals surface area contributed by atoms with Crippen molar-refractivity contribution in [2.75, 3.05) is 9.44 Å². The van der Waals surface area contributed by atoms with Crippen molar-refractivity contribution >= 4 is 31.4 Å². The summed E-state index contributed by atoms with van der Waals surface area (Å²) in [6, 6.07) is 21.9. The maximum atomic E-state index is 12.7. The number of phenolic OH excluding ortho intramolecular Hbond substituents is 2. The number of benzene rings is 4. The van der Waals surface area contributed by atoms with Crippen molar-refractivity contribution in [1.82, 2.24) is 0 Å². The van der Waals surface area contributed by atoms with Crippen LogP contribution in [0.15, 0.2) is 84.9 Å². The van der Waals surface area contributed by atoms with Gasteiger partial charge >= 0.3 is 0 Å². The van der Waals surface area contributed by atoms with Gasteiger partial charge in [0.05, 0.1) is 11.5 Å². The minimum Gasteiger partial charge on any atom is -0.508 e. The Labute approximate surface area is 220 Å². The Kier molecular flexibility index (Phi) is 6.64. The van der Waals surface area contributed by atoms with Crippen LogP contribution in [0.3, 0.4) is 0 Å². The molecule has 1 heterocycles. The summed E-state index contributed by atoms with van der Waals surface area (Å²) in [6.07, 6.45) is 0.558. The summed E-state index contributed by atoms with van der Waals surface area (Å²) in [6.45, 7) is 0. The van der Waals surface area contributed by atoms with Crippen LogP contribution in [0.25, 0.3) is 0 Å². The van der Waals surface area contributed by atoms with Crippen LogP contribution in [0.1, 0.15) is 22.3 Å².